The fraction of sp³-hybridized carbons (Fsp3) is 0.0556. The molecule has 3 heterocycles. The molecule has 4 rings (SSSR count). The molecule has 118 valence electrons. The Hall–Kier alpha value is -3.28. The van der Waals surface area contributed by atoms with Gasteiger partial charge in [-0.1, -0.05) is 30.3 Å². The second kappa shape index (κ2) is 5.73. The van der Waals surface area contributed by atoms with Gasteiger partial charge in [0.2, 0.25) is 5.95 Å². The average molecular weight is 319 g/mol. The van der Waals surface area contributed by atoms with Crippen molar-refractivity contribution in [2.75, 3.05) is 5.32 Å². The Morgan fingerprint density at radius 2 is 1.88 bits per heavy atom. The summed E-state index contributed by atoms with van der Waals surface area (Å²) in [4.78, 5) is 16.0. The van der Waals surface area contributed by atoms with E-state index in [-0.39, 0.29) is 0 Å². The first kappa shape index (κ1) is 14.3. The summed E-state index contributed by atoms with van der Waals surface area (Å²) in [6.07, 6.45) is 1.41. The number of rotatable bonds is 3. The predicted octanol–water partition coefficient (Wildman–Crippen LogP) is 4.21. The number of nitrogens with zero attached hydrogens (tertiary/aromatic N) is 3. The van der Waals surface area contributed by atoms with E-state index in [0.29, 0.717) is 17.3 Å². The van der Waals surface area contributed by atoms with Gasteiger partial charge in [-0.3, -0.25) is 0 Å². The van der Waals surface area contributed by atoms with Crippen molar-refractivity contribution in [3.63, 3.8) is 0 Å². The highest BCUT2D eigenvalue weighted by Crippen LogP contribution is 2.27. The van der Waals surface area contributed by atoms with Gasteiger partial charge in [0.05, 0.1) is 5.39 Å². The zero-order valence-corrected chi connectivity index (χ0v) is 12.9. The zero-order chi connectivity index (χ0) is 16.5. The van der Waals surface area contributed by atoms with Crippen LogP contribution in [-0.2, 0) is 0 Å². The topological polar surface area (TPSA) is 66.5 Å². The molecule has 3 aromatic heterocycles. The van der Waals surface area contributed by atoms with Crippen molar-refractivity contribution >= 4 is 22.5 Å². The number of hydrogen-bond donors (Lipinski definition) is 2. The Morgan fingerprint density at radius 3 is 2.67 bits per heavy atom. The largest absolute Gasteiger partial charge is 0.343 e. The van der Waals surface area contributed by atoms with Gasteiger partial charge in [-0.2, -0.15) is 4.39 Å². The van der Waals surface area contributed by atoms with E-state index in [4.69, 9.17) is 0 Å². The lowest BCUT2D eigenvalue weighted by molar-refractivity contribution is 0.584. The van der Waals surface area contributed by atoms with Crippen molar-refractivity contribution in [2.24, 2.45) is 0 Å². The van der Waals surface area contributed by atoms with E-state index in [9.17, 15) is 4.39 Å². The second-order valence-corrected chi connectivity index (χ2v) is 5.47. The summed E-state index contributed by atoms with van der Waals surface area (Å²) in [7, 11) is 0. The summed E-state index contributed by atoms with van der Waals surface area (Å²) >= 11 is 0. The van der Waals surface area contributed by atoms with E-state index >= 15 is 0 Å². The van der Waals surface area contributed by atoms with Crippen molar-refractivity contribution in [2.45, 2.75) is 6.92 Å². The SMILES string of the molecule is Cc1cc2c(Nc3ccnc(F)c3)nc(-c3ccccc3)nc2[nH]1. The first-order valence-electron chi connectivity index (χ1n) is 7.50. The molecule has 0 atom stereocenters. The Balaban J connectivity index is 1.86. The lowest BCUT2D eigenvalue weighted by Gasteiger charge is -2.09. The number of anilines is 2. The number of H-pyrrole nitrogens is 1. The number of pyridine rings is 1. The van der Waals surface area contributed by atoms with Crippen LogP contribution in [0.2, 0.25) is 0 Å². The van der Waals surface area contributed by atoms with E-state index < -0.39 is 5.95 Å². The van der Waals surface area contributed by atoms with Crippen molar-refractivity contribution in [1.82, 2.24) is 19.9 Å². The normalized spacial score (nSPS) is 10.9. The summed E-state index contributed by atoms with van der Waals surface area (Å²) in [5.41, 5.74) is 3.21. The smallest absolute Gasteiger partial charge is 0.214 e. The molecular formula is C18H14FN5. The molecule has 0 bridgehead atoms. The highest BCUT2D eigenvalue weighted by Gasteiger charge is 2.12. The van der Waals surface area contributed by atoms with Crippen LogP contribution in [0.5, 0.6) is 0 Å². The molecule has 0 spiro atoms. The number of hydrogen-bond acceptors (Lipinski definition) is 4. The Labute approximate surface area is 137 Å². The van der Waals surface area contributed by atoms with Crippen molar-refractivity contribution in [3.05, 3.63) is 66.4 Å². The van der Waals surface area contributed by atoms with Crippen LogP contribution in [0.4, 0.5) is 15.9 Å². The third-order valence-electron chi connectivity index (χ3n) is 3.64. The maximum atomic E-state index is 13.3. The summed E-state index contributed by atoms with van der Waals surface area (Å²) in [5, 5.41) is 4.01. The highest BCUT2D eigenvalue weighted by molar-refractivity contribution is 5.91. The average Bonchev–Trinajstić information content (AvgIpc) is 2.96. The van der Waals surface area contributed by atoms with E-state index in [1.54, 1.807) is 6.07 Å². The van der Waals surface area contributed by atoms with Crippen LogP contribution in [0.1, 0.15) is 5.69 Å². The van der Waals surface area contributed by atoms with Crippen LogP contribution in [0, 0.1) is 12.9 Å². The third kappa shape index (κ3) is 2.69. The van der Waals surface area contributed by atoms with Gasteiger partial charge < -0.3 is 10.3 Å². The summed E-state index contributed by atoms with van der Waals surface area (Å²) in [5.74, 6) is 0.676. The molecule has 6 heteroatoms. The maximum absolute atomic E-state index is 13.3. The number of halogens is 1. The molecule has 4 aromatic rings. The molecule has 2 N–H and O–H groups in total. The van der Waals surface area contributed by atoms with Gasteiger partial charge in [0, 0.05) is 29.2 Å². The number of aryl methyl sites for hydroxylation is 1. The molecule has 0 aliphatic rings. The molecule has 0 aliphatic carbocycles. The van der Waals surface area contributed by atoms with E-state index in [1.807, 2.05) is 43.3 Å². The summed E-state index contributed by atoms with van der Waals surface area (Å²) < 4.78 is 13.3. The molecule has 24 heavy (non-hydrogen) atoms. The van der Waals surface area contributed by atoms with Crippen molar-refractivity contribution in [3.8, 4) is 11.4 Å². The summed E-state index contributed by atoms with van der Waals surface area (Å²) in [6, 6.07) is 14.7. The fourth-order valence-corrected chi connectivity index (χ4v) is 2.57. The van der Waals surface area contributed by atoms with Crippen LogP contribution in [0.3, 0.4) is 0 Å². The molecule has 1 aromatic carbocycles. The van der Waals surface area contributed by atoms with Gasteiger partial charge in [-0.15, -0.1) is 0 Å². The number of fused-ring (bicyclic) bond motifs is 1. The van der Waals surface area contributed by atoms with Gasteiger partial charge in [0.15, 0.2) is 5.82 Å². The first-order chi connectivity index (χ1) is 11.7. The van der Waals surface area contributed by atoms with Gasteiger partial charge in [-0.25, -0.2) is 15.0 Å². The monoisotopic (exact) mass is 319 g/mol. The fourth-order valence-electron chi connectivity index (χ4n) is 2.57. The number of benzene rings is 1. The predicted molar refractivity (Wildman–Crippen MR) is 91.5 cm³/mol. The number of aromatic nitrogens is 4. The first-order valence-corrected chi connectivity index (χ1v) is 7.50. The minimum atomic E-state index is -0.543. The highest BCUT2D eigenvalue weighted by atomic mass is 19.1. The molecule has 0 aliphatic heterocycles. The Bertz CT molecular complexity index is 1010. The minimum Gasteiger partial charge on any atom is -0.343 e. The van der Waals surface area contributed by atoms with Gasteiger partial charge in [-0.05, 0) is 19.1 Å². The minimum absolute atomic E-state index is 0.543. The zero-order valence-electron chi connectivity index (χ0n) is 12.9. The maximum Gasteiger partial charge on any atom is 0.214 e. The molecule has 0 fully saturated rings. The van der Waals surface area contributed by atoms with E-state index in [1.165, 1.54) is 12.3 Å². The molecule has 5 nitrogen and oxygen atoms in total. The quantitative estimate of drug-likeness (QED) is 0.555. The molecular weight excluding hydrogens is 305 g/mol. The van der Waals surface area contributed by atoms with Gasteiger partial charge in [0.1, 0.15) is 11.5 Å². The summed E-state index contributed by atoms with van der Waals surface area (Å²) in [6.45, 7) is 1.96. The van der Waals surface area contributed by atoms with Crippen LogP contribution in [0.25, 0.3) is 22.4 Å². The lowest BCUT2D eigenvalue weighted by Crippen LogP contribution is -1.99. The number of nitrogens with one attached hydrogen (secondary N) is 2. The second-order valence-electron chi connectivity index (χ2n) is 5.47. The van der Waals surface area contributed by atoms with Crippen molar-refractivity contribution < 1.29 is 4.39 Å². The van der Waals surface area contributed by atoms with Crippen LogP contribution in [0.15, 0.2) is 54.7 Å². The molecule has 0 unspecified atom stereocenters. The molecule has 0 radical (unpaired) electrons. The van der Waals surface area contributed by atoms with Crippen LogP contribution < -0.4 is 5.32 Å². The Morgan fingerprint density at radius 1 is 1.04 bits per heavy atom. The van der Waals surface area contributed by atoms with Crippen molar-refractivity contribution in [1.29, 1.82) is 0 Å². The van der Waals surface area contributed by atoms with Crippen LogP contribution >= 0.6 is 0 Å². The Kier molecular flexibility index (Phi) is 3.42. The third-order valence-corrected chi connectivity index (χ3v) is 3.64. The van der Waals surface area contributed by atoms with Gasteiger partial charge in [0.25, 0.3) is 0 Å². The lowest BCUT2D eigenvalue weighted by atomic mass is 10.2. The standard InChI is InChI=1S/C18H14FN5/c1-11-9-14-17(21-11)23-16(12-5-3-2-4-6-12)24-18(14)22-13-7-8-20-15(19)10-13/h2-10H,1H3,(H2,20,21,22,23,24). The molecule has 0 saturated heterocycles. The number of aromatic amines is 1. The van der Waals surface area contributed by atoms with Crippen LogP contribution in [-0.4, -0.2) is 19.9 Å². The van der Waals surface area contributed by atoms with E-state index in [0.717, 1.165) is 22.3 Å². The molecule has 0 amide bonds. The molecule has 0 saturated carbocycles. The van der Waals surface area contributed by atoms with Gasteiger partial charge >= 0.3 is 0 Å². The van der Waals surface area contributed by atoms with E-state index in [2.05, 4.69) is 25.3 Å².